The topological polar surface area (TPSA) is 32.3 Å². The fourth-order valence-electron chi connectivity index (χ4n) is 1.95. The summed E-state index contributed by atoms with van der Waals surface area (Å²) in [5.41, 5.74) is 3.25. The molecular formula is C16H18ClNO. The maximum absolute atomic E-state index is 9.51. The molecule has 0 saturated heterocycles. The smallest absolute Gasteiger partial charge is 0.0626 e. The molecule has 0 aliphatic heterocycles. The normalized spacial score (nSPS) is 12.4. The van der Waals surface area contributed by atoms with Crippen LogP contribution >= 0.6 is 11.6 Å². The molecule has 0 aliphatic rings. The average molecular weight is 276 g/mol. The minimum Gasteiger partial charge on any atom is -0.394 e. The number of rotatable bonds is 5. The molecule has 0 amide bonds. The van der Waals surface area contributed by atoms with E-state index in [1.165, 1.54) is 5.56 Å². The second-order valence-electron chi connectivity index (χ2n) is 4.61. The van der Waals surface area contributed by atoms with E-state index < -0.39 is 0 Å². The molecule has 2 rings (SSSR count). The van der Waals surface area contributed by atoms with Gasteiger partial charge in [0.25, 0.3) is 0 Å². The first kappa shape index (κ1) is 14.1. The Morgan fingerprint density at radius 1 is 1.16 bits per heavy atom. The molecule has 1 unspecified atom stereocenters. The van der Waals surface area contributed by atoms with Crippen molar-refractivity contribution in [2.75, 3.05) is 6.61 Å². The number of aliphatic hydroxyl groups is 1. The highest BCUT2D eigenvalue weighted by molar-refractivity contribution is 6.31. The van der Waals surface area contributed by atoms with Gasteiger partial charge in [-0.1, -0.05) is 54.1 Å². The lowest BCUT2D eigenvalue weighted by molar-refractivity contribution is 0.243. The zero-order valence-electron chi connectivity index (χ0n) is 10.9. The maximum Gasteiger partial charge on any atom is 0.0626 e. The number of benzene rings is 2. The summed E-state index contributed by atoms with van der Waals surface area (Å²) >= 11 is 6.12. The third-order valence-electron chi connectivity index (χ3n) is 3.18. The zero-order valence-corrected chi connectivity index (χ0v) is 11.7. The second-order valence-corrected chi connectivity index (χ2v) is 5.02. The van der Waals surface area contributed by atoms with Crippen LogP contribution in [0.5, 0.6) is 0 Å². The molecule has 3 heteroatoms. The van der Waals surface area contributed by atoms with Gasteiger partial charge in [-0.15, -0.1) is 0 Å². The van der Waals surface area contributed by atoms with Crippen LogP contribution in [-0.4, -0.2) is 11.7 Å². The van der Waals surface area contributed by atoms with Gasteiger partial charge in [-0.25, -0.2) is 0 Å². The molecule has 100 valence electrons. The molecule has 0 aliphatic carbocycles. The number of nitrogens with one attached hydrogen (secondary N) is 1. The van der Waals surface area contributed by atoms with Crippen molar-refractivity contribution < 1.29 is 5.11 Å². The Kier molecular flexibility index (Phi) is 4.97. The molecule has 0 saturated carbocycles. The summed E-state index contributed by atoms with van der Waals surface area (Å²) < 4.78 is 0. The van der Waals surface area contributed by atoms with Crippen LogP contribution < -0.4 is 5.32 Å². The van der Waals surface area contributed by atoms with E-state index in [-0.39, 0.29) is 12.6 Å². The standard InChI is InChI=1S/C16H18ClNO/c1-12-7-8-14(9-15(12)17)16(11-19)18-10-13-5-3-2-4-6-13/h2-9,16,18-19H,10-11H2,1H3. The summed E-state index contributed by atoms with van der Waals surface area (Å²) in [4.78, 5) is 0. The van der Waals surface area contributed by atoms with E-state index in [1.54, 1.807) is 0 Å². The highest BCUT2D eigenvalue weighted by Crippen LogP contribution is 2.21. The summed E-state index contributed by atoms with van der Waals surface area (Å²) in [5, 5.41) is 13.6. The first-order valence-electron chi connectivity index (χ1n) is 6.35. The SMILES string of the molecule is Cc1ccc(C(CO)NCc2ccccc2)cc1Cl. The zero-order chi connectivity index (χ0) is 13.7. The van der Waals surface area contributed by atoms with Gasteiger partial charge in [0.05, 0.1) is 12.6 Å². The summed E-state index contributed by atoms with van der Waals surface area (Å²) in [6, 6.07) is 15.9. The van der Waals surface area contributed by atoms with Crippen LogP contribution in [-0.2, 0) is 6.54 Å². The van der Waals surface area contributed by atoms with E-state index in [0.29, 0.717) is 0 Å². The molecule has 0 bridgehead atoms. The summed E-state index contributed by atoms with van der Waals surface area (Å²) in [6.07, 6.45) is 0. The van der Waals surface area contributed by atoms with Crippen molar-refractivity contribution in [3.63, 3.8) is 0 Å². The number of aryl methyl sites for hydroxylation is 1. The largest absolute Gasteiger partial charge is 0.394 e. The Labute approximate surface area is 119 Å². The molecule has 2 aromatic rings. The van der Waals surface area contributed by atoms with Gasteiger partial charge >= 0.3 is 0 Å². The van der Waals surface area contributed by atoms with Gasteiger partial charge < -0.3 is 10.4 Å². The van der Waals surface area contributed by atoms with E-state index in [0.717, 1.165) is 22.7 Å². The molecule has 0 aromatic heterocycles. The minimum absolute atomic E-state index is 0.0478. The lowest BCUT2D eigenvalue weighted by Crippen LogP contribution is -2.24. The summed E-state index contributed by atoms with van der Waals surface area (Å²) in [6.45, 7) is 2.74. The van der Waals surface area contributed by atoms with Crippen molar-refractivity contribution in [1.82, 2.24) is 5.32 Å². The third-order valence-corrected chi connectivity index (χ3v) is 3.58. The average Bonchev–Trinajstić information content (AvgIpc) is 2.44. The summed E-state index contributed by atoms with van der Waals surface area (Å²) in [5.74, 6) is 0. The van der Waals surface area contributed by atoms with E-state index in [4.69, 9.17) is 11.6 Å². The van der Waals surface area contributed by atoms with Gasteiger partial charge in [0.2, 0.25) is 0 Å². The van der Waals surface area contributed by atoms with E-state index in [2.05, 4.69) is 17.4 Å². The first-order valence-corrected chi connectivity index (χ1v) is 6.72. The number of aliphatic hydroxyl groups excluding tert-OH is 1. The molecule has 19 heavy (non-hydrogen) atoms. The summed E-state index contributed by atoms with van der Waals surface area (Å²) in [7, 11) is 0. The van der Waals surface area contributed by atoms with Crippen molar-refractivity contribution in [3.05, 3.63) is 70.2 Å². The minimum atomic E-state index is -0.0988. The van der Waals surface area contributed by atoms with Crippen molar-refractivity contribution >= 4 is 11.6 Å². The second kappa shape index (κ2) is 6.71. The molecule has 2 aromatic carbocycles. The number of hydrogen-bond acceptors (Lipinski definition) is 2. The van der Waals surface area contributed by atoms with Crippen LogP contribution in [0.15, 0.2) is 48.5 Å². The van der Waals surface area contributed by atoms with Gasteiger partial charge in [-0.2, -0.15) is 0 Å². The number of halogens is 1. The lowest BCUT2D eigenvalue weighted by Gasteiger charge is -2.17. The molecule has 0 heterocycles. The van der Waals surface area contributed by atoms with E-state index >= 15 is 0 Å². The van der Waals surface area contributed by atoms with Crippen LogP contribution in [0.2, 0.25) is 5.02 Å². The van der Waals surface area contributed by atoms with Gasteiger partial charge in [-0.05, 0) is 29.7 Å². The van der Waals surface area contributed by atoms with Crippen LogP contribution in [0.1, 0.15) is 22.7 Å². The van der Waals surface area contributed by atoms with Gasteiger partial charge in [-0.3, -0.25) is 0 Å². The highest BCUT2D eigenvalue weighted by Gasteiger charge is 2.10. The molecule has 2 nitrogen and oxygen atoms in total. The van der Waals surface area contributed by atoms with Crippen LogP contribution in [0, 0.1) is 6.92 Å². The Morgan fingerprint density at radius 3 is 2.53 bits per heavy atom. The Morgan fingerprint density at radius 2 is 1.89 bits per heavy atom. The molecular weight excluding hydrogens is 258 g/mol. The quantitative estimate of drug-likeness (QED) is 0.876. The van der Waals surface area contributed by atoms with Gasteiger partial charge in [0, 0.05) is 11.6 Å². The van der Waals surface area contributed by atoms with Crippen molar-refractivity contribution in [3.8, 4) is 0 Å². The predicted molar refractivity (Wildman–Crippen MR) is 79.3 cm³/mol. The molecule has 0 radical (unpaired) electrons. The molecule has 2 N–H and O–H groups in total. The van der Waals surface area contributed by atoms with Crippen LogP contribution in [0.25, 0.3) is 0 Å². The Balaban J connectivity index is 2.05. The van der Waals surface area contributed by atoms with Crippen molar-refractivity contribution in [2.45, 2.75) is 19.5 Å². The monoisotopic (exact) mass is 275 g/mol. The van der Waals surface area contributed by atoms with Crippen molar-refractivity contribution in [1.29, 1.82) is 0 Å². The van der Waals surface area contributed by atoms with Gasteiger partial charge in [0.15, 0.2) is 0 Å². The maximum atomic E-state index is 9.51. The highest BCUT2D eigenvalue weighted by atomic mass is 35.5. The van der Waals surface area contributed by atoms with Crippen LogP contribution in [0.3, 0.4) is 0 Å². The van der Waals surface area contributed by atoms with Gasteiger partial charge in [0.1, 0.15) is 0 Å². The lowest BCUT2D eigenvalue weighted by atomic mass is 10.1. The Hall–Kier alpha value is -1.35. The van der Waals surface area contributed by atoms with Crippen LogP contribution in [0.4, 0.5) is 0 Å². The predicted octanol–water partition coefficient (Wildman–Crippen LogP) is 3.47. The fourth-order valence-corrected chi connectivity index (χ4v) is 2.14. The number of hydrogen-bond donors (Lipinski definition) is 2. The Bertz CT molecular complexity index is 528. The fraction of sp³-hybridized carbons (Fsp3) is 0.250. The molecule has 0 spiro atoms. The van der Waals surface area contributed by atoms with Crippen molar-refractivity contribution in [2.24, 2.45) is 0 Å². The molecule has 0 fully saturated rings. The first-order chi connectivity index (χ1) is 9.20. The van der Waals surface area contributed by atoms with E-state index in [9.17, 15) is 5.11 Å². The molecule has 1 atom stereocenters. The third kappa shape index (κ3) is 3.80. The van der Waals surface area contributed by atoms with E-state index in [1.807, 2.05) is 43.3 Å².